The number of rotatable bonds is 4. The van der Waals surface area contributed by atoms with Gasteiger partial charge in [-0.2, -0.15) is 0 Å². The van der Waals surface area contributed by atoms with E-state index in [0.29, 0.717) is 5.96 Å². The van der Waals surface area contributed by atoms with Crippen LogP contribution in [0.2, 0.25) is 0 Å². The molecule has 5 nitrogen and oxygen atoms in total. The molecule has 0 spiro atoms. The minimum absolute atomic E-state index is 0.363. The van der Waals surface area contributed by atoms with E-state index in [1.165, 1.54) is 0 Å². The van der Waals surface area contributed by atoms with E-state index in [1.807, 2.05) is 43.0 Å². The van der Waals surface area contributed by atoms with Crippen LogP contribution >= 0.6 is 0 Å². The molecule has 0 fully saturated rings. The molecule has 0 aromatic heterocycles. The van der Waals surface area contributed by atoms with Crippen molar-refractivity contribution in [2.75, 3.05) is 24.2 Å². The molecule has 5 heteroatoms. The van der Waals surface area contributed by atoms with Gasteiger partial charge in [0.1, 0.15) is 0 Å². The Hall–Kier alpha value is -1.91. The van der Waals surface area contributed by atoms with Crippen molar-refractivity contribution in [2.45, 2.75) is 13.8 Å². The van der Waals surface area contributed by atoms with E-state index in [2.05, 4.69) is 10.9 Å². The normalized spacial score (nSPS) is 9.62. The van der Waals surface area contributed by atoms with Crippen LogP contribution < -0.4 is 16.6 Å². The number of guanidine groups is 1. The summed E-state index contributed by atoms with van der Waals surface area (Å²) in [6.07, 6.45) is 0. The van der Waals surface area contributed by atoms with Gasteiger partial charge in [-0.15, -0.1) is 0 Å². The molecule has 0 amide bonds. The largest absolute Gasteiger partial charge is 0.399 e. The van der Waals surface area contributed by atoms with Crippen LogP contribution in [0.4, 0.5) is 11.4 Å². The first-order chi connectivity index (χ1) is 7.67. The number of benzene rings is 1. The summed E-state index contributed by atoms with van der Waals surface area (Å²) >= 11 is 0. The van der Waals surface area contributed by atoms with Crippen molar-refractivity contribution >= 4 is 17.3 Å². The molecule has 0 bridgehead atoms. The van der Waals surface area contributed by atoms with E-state index in [4.69, 9.17) is 11.1 Å². The first-order valence-electron chi connectivity index (χ1n) is 5.38. The third kappa shape index (κ3) is 3.34. The molecule has 5 N–H and O–H groups in total. The Balaban J connectivity index is 2.45. The van der Waals surface area contributed by atoms with E-state index >= 15 is 0 Å². The summed E-state index contributed by atoms with van der Waals surface area (Å²) in [4.78, 5) is 1.91. The summed E-state index contributed by atoms with van der Waals surface area (Å²) < 4.78 is 0. The highest BCUT2D eigenvalue weighted by Gasteiger charge is 2.03. The maximum Gasteiger partial charge on any atom is 0.210 e. The Morgan fingerprint density at radius 3 is 2.31 bits per heavy atom. The second kappa shape index (κ2) is 5.85. The molecular formula is C11H19N5. The number of anilines is 2. The van der Waals surface area contributed by atoms with Gasteiger partial charge in [-0.3, -0.25) is 16.3 Å². The van der Waals surface area contributed by atoms with E-state index in [1.54, 1.807) is 0 Å². The number of nitrogens with one attached hydrogen (secondary N) is 3. The quantitative estimate of drug-likeness (QED) is 0.269. The smallest absolute Gasteiger partial charge is 0.210 e. The molecule has 0 aliphatic carbocycles. The molecule has 0 aliphatic heterocycles. The van der Waals surface area contributed by atoms with Crippen LogP contribution in [0, 0.1) is 5.41 Å². The summed E-state index contributed by atoms with van der Waals surface area (Å²) in [6, 6.07) is 7.34. The second-order valence-corrected chi connectivity index (χ2v) is 3.39. The minimum atomic E-state index is 0.363. The van der Waals surface area contributed by atoms with Gasteiger partial charge in [0.25, 0.3) is 0 Å². The second-order valence-electron chi connectivity index (χ2n) is 3.39. The molecule has 1 aromatic rings. The zero-order valence-corrected chi connectivity index (χ0v) is 9.75. The number of nitrogens with two attached hydrogens (primary N) is 1. The number of hydrogen-bond donors (Lipinski definition) is 4. The maximum atomic E-state index is 7.77. The lowest BCUT2D eigenvalue weighted by molar-refractivity contribution is 0.447. The standard InChI is InChI=1S/C11H19N5/c1-3-16(4-2)11(13)15-14-10-7-5-9(12)6-8-10/h5-8,14H,3-4,12H2,1-2H3,(H2,13,15). The highest BCUT2D eigenvalue weighted by Crippen LogP contribution is 2.08. The molecular weight excluding hydrogens is 202 g/mol. The highest BCUT2D eigenvalue weighted by atomic mass is 15.5. The summed E-state index contributed by atoms with van der Waals surface area (Å²) in [5, 5.41) is 7.77. The molecule has 0 heterocycles. The van der Waals surface area contributed by atoms with E-state index in [9.17, 15) is 0 Å². The van der Waals surface area contributed by atoms with Crippen molar-refractivity contribution in [3.8, 4) is 0 Å². The van der Waals surface area contributed by atoms with Crippen LogP contribution in [-0.4, -0.2) is 23.9 Å². The first-order valence-corrected chi connectivity index (χ1v) is 5.38. The number of nitrogen functional groups attached to an aromatic ring is 1. The predicted molar refractivity (Wildman–Crippen MR) is 68.3 cm³/mol. The third-order valence-corrected chi connectivity index (χ3v) is 2.32. The summed E-state index contributed by atoms with van der Waals surface area (Å²) in [7, 11) is 0. The molecule has 0 unspecified atom stereocenters. The Morgan fingerprint density at radius 2 is 1.81 bits per heavy atom. The molecule has 0 radical (unpaired) electrons. The SMILES string of the molecule is CCN(CC)C(=N)NNc1ccc(N)cc1. The van der Waals surface area contributed by atoms with Crippen LogP contribution in [0.5, 0.6) is 0 Å². The fourth-order valence-corrected chi connectivity index (χ4v) is 1.32. The van der Waals surface area contributed by atoms with Gasteiger partial charge in [-0.1, -0.05) is 0 Å². The lowest BCUT2D eigenvalue weighted by Gasteiger charge is -2.22. The zero-order valence-electron chi connectivity index (χ0n) is 9.75. The highest BCUT2D eigenvalue weighted by molar-refractivity contribution is 5.78. The van der Waals surface area contributed by atoms with E-state index in [-0.39, 0.29) is 0 Å². The molecule has 16 heavy (non-hydrogen) atoms. The van der Waals surface area contributed by atoms with Crippen molar-refractivity contribution in [3.05, 3.63) is 24.3 Å². The molecule has 0 saturated carbocycles. The average Bonchev–Trinajstić information content (AvgIpc) is 2.30. The van der Waals surface area contributed by atoms with E-state index < -0.39 is 0 Å². The van der Waals surface area contributed by atoms with Gasteiger partial charge >= 0.3 is 0 Å². The third-order valence-electron chi connectivity index (χ3n) is 2.32. The van der Waals surface area contributed by atoms with Crippen LogP contribution in [0.25, 0.3) is 0 Å². The Morgan fingerprint density at radius 1 is 1.25 bits per heavy atom. The van der Waals surface area contributed by atoms with Gasteiger partial charge in [0.05, 0.1) is 5.69 Å². The van der Waals surface area contributed by atoms with Crippen LogP contribution in [0.1, 0.15) is 13.8 Å². The van der Waals surface area contributed by atoms with Crippen molar-refractivity contribution in [2.24, 2.45) is 0 Å². The van der Waals surface area contributed by atoms with Crippen molar-refractivity contribution in [1.29, 1.82) is 5.41 Å². The van der Waals surface area contributed by atoms with Crippen molar-refractivity contribution in [1.82, 2.24) is 10.3 Å². The summed E-state index contributed by atoms with van der Waals surface area (Å²) in [5.41, 5.74) is 13.0. The fourth-order valence-electron chi connectivity index (χ4n) is 1.32. The predicted octanol–water partition coefficient (Wildman–Crippen LogP) is 1.46. The lowest BCUT2D eigenvalue weighted by atomic mass is 10.3. The van der Waals surface area contributed by atoms with Crippen molar-refractivity contribution < 1.29 is 0 Å². The van der Waals surface area contributed by atoms with Crippen LogP contribution in [0.15, 0.2) is 24.3 Å². The summed E-state index contributed by atoms with van der Waals surface area (Å²) in [6.45, 7) is 5.66. The average molecular weight is 221 g/mol. The molecule has 0 saturated heterocycles. The van der Waals surface area contributed by atoms with Gasteiger partial charge < -0.3 is 10.6 Å². The van der Waals surface area contributed by atoms with Gasteiger partial charge in [0, 0.05) is 18.8 Å². The Kier molecular flexibility index (Phi) is 4.44. The topological polar surface area (TPSA) is 77.2 Å². The number of hydrazine groups is 1. The van der Waals surface area contributed by atoms with Gasteiger partial charge in [0.2, 0.25) is 5.96 Å². The zero-order chi connectivity index (χ0) is 12.0. The first kappa shape index (κ1) is 12.2. The maximum absolute atomic E-state index is 7.77. The van der Waals surface area contributed by atoms with Gasteiger partial charge in [0.15, 0.2) is 0 Å². The number of nitrogens with zero attached hydrogens (tertiary/aromatic N) is 1. The summed E-state index contributed by atoms with van der Waals surface area (Å²) in [5.74, 6) is 0.363. The minimum Gasteiger partial charge on any atom is -0.399 e. The van der Waals surface area contributed by atoms with Gasteiger partial charge in [-0.25, -0.2) is 0 Å². The van der Waals surface area contributed by atoms with Crippen LogP contribution in [0.3, 0.4) is 0 Å². The van der Waals surface area contributed by atoms with E-state index in [0.717, 1.165) is 24.5 Å². The Labute approximate surface area is 96.1 Å². The Bertz CT molecular complexity index is 329. The van der Waals surface area contributed by atoms with Crippen molar-refractivity contribution in [3.63, 3.8) is 0 Å². The molecule has 0 aliphatic rings. The van der Waals surface area contributed by atoms with Crippen LogP contribution in [-0.2, 0) is 0 Å². The molecule has 88 valence electrons. The van der Waals surface area contributed by atoms with Gasteiger partial charge in [-0.05, 0) is 38.1 Å². The molecule has 1 aromatic carbocycles. The number of hydrogen-bond acceptors (Lipinski definition) is 3. The monoisotopic (exact) mass is 221 g/mol. The molecule has 0 atom stereocenters. The lowest BCUT2D eigenvalue weighted by Crippen LogP contribution is -2.42. The molecule has 1 rings (SSSR count). The fraction of sp³-hybridized carbons (Fsp3) is 0.364.